The van der Waals surface area contributed by atoms with Gasteiger partial charge in [-0.2, -0.15) is 0 Å². The van der Waals surface area contributed by atoms with Crippen LogP contribution in [0.2, 0.25) is 0 Å². The van der Waals surface area contributed by atoms with Crippen molar-refractivity contribution < 1.29 is 23.5 Å². The normalized spacial score (nSPS) is 10.3. The van der Waals surface area contributed by atoms with Gasteiger partial charge >= 0.3 is 12.1 Å². The molecule has 1 aromatic carbocycles. The number of halogens is 1. The minimum atomic E-state index is -0.600. The lowest BCUT2D eigenvalue weighted by molar-refractivity contribution is 0.0518. The molecule has 1 rings (SSSR count). The molecule has 0 saturated heterocycles. The number of esters is 1. The summed E-state index contributed by atoms with van der Waals surface area (Å²) in [6.45, 7) is 7.14. The molecule has 6 heteroatoms. The smallest absolute Gasteiger partial charge is 0.408 e. The first kappa shape index (κ1) is 18.5. The standard InChI is InChI=1S/C17H20FNO4/c1-5-22-15(20)14-9-8-13(18)11-12(14)7-6-10-19-16(21)23-17(2,3)4/h8-9,11H,5,10H2,1-4H3,(H,19,21). The van der Waals surface area contributed by atoms with E-state index in [1.165, 1.54) is 6.07 Å². The first-order chi connectivity index (χ1) is 10.7. The Bertz CT molecular complexity index is 638. The van der Waals surface area contributed by atoms with Crippen molar-refractivity contribution in [2.45, 2.75) is 33.3 Å². The third kappa shape index (κ3) is 6.83. The molecule has 5 nitrogen and oxygen atoms in total. The molecule has 0 aromatic heterocycles. The number of hydrogen-bond acceptors (Lipinski definition) is 4. The van der Waals surface area contributed by atoms with E-state index in [-0.39, 0.29) is 24.3 Å². The Morgan fingerprint density at radius 1 is 1.30 bits per heavy atom. The Morgan fingerprint density at radius 2 is 2.00 bits per heavy atom. The number of amides is 1. The second kappa shape index (κ2) is 8.18. The van der Waals surface area contributed by atoms with Crippen LogP contribution in [-0.4, -0.2) is 30.8 Å². The topological polar surface area (TPSA) is 64.6 Å². The molecule has 0 unspecified atom stereocenters. The molecule has 0 radical (unpaired) electrons. The minimum absolute atomic E-state index is 0.00763. The predicted molar refractivity (Wildman–Crippen MR) is 83.5 cm³/mol. The summed E-state index contributed by atoms with van der Waals surface area (Å²) in [4.78, 5) is 23.2. The molecule has 1 N–H and O–H groups in total. The molecule has 0 spiro atoms. The summed E-state index contributed by atoms with van der Waals surface area (Å²) in [5, 5.41) is 2.45. The maximum atomic E-state index is 13.3. The third-order valence-electron chi connectivity index (χ3n) is 2.42. The Morgan fingerprint density at radius 3 is 2.61 bits per heavy atom. The fourth-order valence-electron chi connectivity index (χ4n) is 1.58. The van der Waals surface area contributed by atoms with E-state index in [1.807, 2.05) is 0 Å². The molecule has 0 fully saturated rings. The predicted octanol–water partition coefficient (Wildman–Crippen LogP) is 2.88. The molecule has 124 valence electrons. The average molecular weight is 321 g/mol. The van der Waals surface area contributed by atoms with Gasteiger partial charge in [0.1, 0.15) is 11.4 Å². The van der Waals surface area contributed by atoms with E-state index in [0.717, 1.165) is 12.1 Å². The van der Waals surface area contributed by atoms with E-state index in [2.05, 4.69) is 17.2 Å². The average Bonchev–Trinajstić information content (AvgIpc) is 2.42. The van der Waals surface area contributed by atoms with Crippen molar-refractivity contribution in [2.75, 3.05) is 13.2 Å². The quantitative estimate of drug-likeness (QED) is 0.687. The van der Waals surface area contributed by atoms with Crippen LogP contribution in [0.1, 0.15) is 43.6 Å². The maximum Gasteiger partial charge on any atom is 0.408 e. The van der Waals surface area contributed by atoms with Crippen LogP contribution in [0.5, 0.6) is 0 Å². The van der Waals surface area contributed by atoms with E-state index in [0.29, 0.717) is 0 Å². The van der Waals surface area contributed by atoms with E-state index in [9.17, 15) is 14.0 Å². The highest BCUT2D eigenvalue weighted by Gasteiger charge is 2.15. The number of alkyl carbamates (subject to hydrolysis) is 1. The molecular weight excluding hydrogens is 301 g/mol. The number of nitrogens with one attached hydrogen (secondary N) is 1. The summed E-state index contributed by atoms with van der Waals surface area (Å²) in [6.07, 6.45) is -0.600. The minimum Gasteiger partial charge on any atom is -0.462 e. The van der Waals surface area contributed by atoms with Crippen LogP contribution in [0.25, 0.3) is 0 Å². The molecule has 23 heavy (non-hydrogen) atoms. The lowest BCUT2D eigenvalue weighted by atomic mass is 10.1. The molecule has 0 saturated carbocycles. The molecule has 0 bridgehead atoms. The van der Waals surface area contributed by atoms with Crippen molar-refractivity contribution in [2.24, 2.45) is 0 Å². The molecular formula is C17H20FNO4. The molecule has 0 aliphatic heterocycles. The largest absolute Gasteiger partial charge is 0.462 e. The van der Waals surface area contributed by atoms with Gasteiger partial charge in [0.25, 0.3) is 0 Å². The van der Waals surface area contributed by atoms with Gasteiger partial charge in [-0.15, -0.1) is 0 Å². The second-order valence-corrected chi connectivity index (χ2v) is 5.57. The SMILES string of the molecule is CCOC(=O)c1ccc(F)cc1C#CCNC(=O)OC(C)(C)C. The summed E-state index contributed by atoms with van der Waals surface area (Å²) in [5.41, 5.74) is -0.218. The highest BCUT2D eigenvalue weighted by molar-refractivity contribution is 5.92. The molecule has 0 aliphatic carbocycles. The summed E-state index contributed by atoms with van der Waals surface area (Å²) < 4.78 is 23.2. The van der Waals surface area contributed by atoms with Gasteiger partial charge in [0.05, 0.1) is 18.7 Å². The van der Waals surface area contributed by atoms with Crippen LogP contribution in [0.4, 0.5) is 9.18 Å². The van der Waals surface area contributed by atoms with Crippen LogP contribution in [0.15, 0.2) is 18.2 Å². The zero-order valence-electron chi connectivity index (χ0n) is 13.7. The van der Waals surface area contributed by atoms with Gasteiger partial charge in [-0.05, 0) is 45.9 Å². The van der Waals surface area contributed by atoms with Crippen molar-refractivity contribution in [1.29, 1.82) is 0 Å². The molecule has 0 atom stereocenters. The fraction of sp³-hybridized carbons (Fsp3) is 0.412. The van der Waals surface area contributed by atoms with Gasteiger partial charge in [0.15, 0.2) is 0 Å². The van der Waals surface area contributed by atoms with Gasteiger partial charge in [-0.1, -0.05) is 11.8 Å². The number of hydrogen-bond donors (Lipinski definition) is 1. The molecule has 1 amide bonds. The molecule has 0 aliphatic rings. The first-order valence-electron chi connectivity index (χ1n) is 7.15. The highest BCUT2D eigenvalue weighted by Crippen LogP contribution is 2.12. The summed E-state index contributed by atoms with van der Waals surface area (Å²) in [6, 6.07) is 3.63. The Labute approximate surface area is 135 Å². The summed E-state index contributed by atoms with van der Waals surface area (Å²) >= 11 is 0. The van der Waals surface area contributed by atoms with Crippen molar-refractivity contribution >= 4 is 12.1 Å². The zero-order chi connectivity index (χ0) is 17.5. The van der Waals surface area contributed by atoms with Gasteiger partial charge in [-0.3, -0.25) is 0 Å². The Kier molecular flexibility index (Phi) is 6.58. The highest BCUT2D eigenvalue weighted by atomic mass is 19.1. The van der Waals surface area contributed by atoms with Crippen molar-refractivity contribution in [3.8, 4) is 11.8 Å². The van der Waals surface area contributed by atoms with E-state index in [4.69, 9.17) is 9.47 Å². The van der Waals surface area contributed by atoms with Crippen LogP contribution in [0.3, 0.4) is 0 Å². The zero-order valence-corrected chi connectivity index (χ0v) is 13.7. The van der Waals surface area contributed by atoms with Gasteiger partial charge in [0.2, 0.25) is 0 Å². The van der Waals surface area contributed by atoms with Crippen LogP contribution in [0, 0.1) is 17.7 Å². The van der Waals surface area contributed by atoms with Gasteiger partial charge in [-0.25, -0.2) is 14.0 Å². The van der Waals surface area contributed by atoms with E-state index < -0.39 is 23.5 Å². The first-order valence-corrected chi connectivity index (χ1v) is 7.15. The summed E-state index contributed by atoms with van der Waals surface area (Å²) in [7, 11) is 0. The lowest BCUT2D eigenvalue weighted by Crippen LogP contribution is -2.32. The van der Waals surface area contributed by atoms with Crippen LogP contribution < -0.4 is 5.32 Å². The van der Waals surface area contributed by atoms with Crippen molar-refractivity contribution in [3.63, 3.8) is 0 Å². The van der Waals surface area contributed by atoms with Crippen molar-refractivity contribution in [3.05, 3.63) is 35.1 Å². The fourth-order valence-corrected chi connectivity index (χ4v) is 1.58. The Hall–Kier alpha value is -2.55. The second-order valence-electron chi connectivity index (χ2n) is 5.57. The van der Waals surface area contributed by atoms with Gasteiger partial charge in [0, 0.05) is 5.56 Å². The van der Waals surface area contributed by atoms with Crippen LogP contribution in [-0.2, 0) is 9.47 Å². The Balaban J connectivity index is 2.76. The number of carbonyl (C=O) groups excluding carboxylic acids is 2. The van der Waals surface area contributed by atoms with E-state index >= 15 is 0 Å². The maximum absolute atomic E-state index is 13.3. The molecule has 1 aromatic rings. The van der Waals surface area contributed by atoms with Crippen molar-refractivity contribution in [1.82, 2.24) is 5.32 Å². The third-order valence-corrected chi connectivity index (χ3v) is 2.42. The molecule has 0 heterocycles. The van der Waals surface area contributed by atoms with E-state index in [1.54, 1.807) is 27.7 Å². The number of ether oxygens (including phenoxy) is 2. The van der Waals surface area contributed by atoms with Gasteiger partial charge < -0.3 is 14.8 Å². The number of benzene rings is 1. The summed E-state index contributed by atoms with van der Waals surface area (Å²) in [5.74, 6) is 4.21. The monoisotopic (exact) mass is 321 g/mol. The number of rotatable bonds is 3. The lowest BCUT2D eigenvalue weighted by Gasteiger charge is -2.19. The van der Waals surface area contributed by atoms with Crippen LogP contribution >= 0.6 is 0 Å². The number of carbonyl (C=O) groups is 2.